The molecule has 4 nitrogen and oxygen atoms in total. The Labute approximate surface area is 158 Å². The van der Waals surface area contributed by atoms with Crippen LogP contribution in [0.15, 0.2) is 42.5 Å². The van der Waals surface area contributed by atoms with E-state index in [4.69, 9.17) is 4.74 Å². The third kappa shape index (κ3) is 4.47. The average Bonchev–Trinajstić information content (AvgIpc) is 3.13. The number of thioether (sulfide) groups is 1. The molecule has 0 bridgehead atoms. The molecule has 1 aliphatic carbocycles. The number of hydrogen-bond acceptors (Lipinski definition) is 4. The fourth-order valence-electron chi connectivity index (χ4n) is 3.05. The first kappa shape index (κ1) is 18.5. The van der Waals surface area contributed by atoms with Crippen LogP contribution in [0.4, 0.5) is 5.69 Å². The Morgan fingerprint density at radius 1 is 1.12 bits per heavy atom. The normalized spacial score (nSPS) is 13.8. The van der Waals surface area contributed by atoms with E-state index in [-0.39, 0.29) is 17.1 Å². The van der Waals surface area contributed by atoms with E-state index in [9.17, 15) is 9.59 Å². The molecule has 0 saturated heterocycles. The molecule has 0 aromatic heterocycles. The van der Waals surface area contributed by atoms with Gasteiger partial charge in [-0.2, -0.15) is 0 Å². The molecule has 3 rings (SSSR count). The lowest BCUT2D eigenvalue weighted by Gasteiger charge is -2.13. The summed E-state index contributed by atoms with van der Waals surface area (Å²) in [6.07, 6.45) is 3.45. The second kappa shape index (κ2) is 8.41. The van der Waals surface area contributed by atoms with Gasteiger partial charge in [-0.05, 0) is 67.1 Å². The third-order valence-electron chi connectivity index (χ3n) is 4.61. The lowest BCUT2D eigenvalue weighted by molar-refractivity contribution is -0.115. The number of amides is 1. The maximum Gasteiger partial charge on any atom is 0.337 e. The number of fused-ring (bicyclic) bond motifs is 1. The van der Waals surface area contributed by atoms with E-state index in [2.05, 4.69) is 17.4 Å². The number of aryl methyl sites for hydroxylation is 2. The van der Waals surface area contributed by atoms with Crippen LogP contribution in [-0.4, -0.2) is 24.2 Å². The van der Waals surface area contributed by atoms with Crippen LogP contribution in [0.2, 0.25) is 0 Å². The number of nitrogens with one attached hydrogen (secondary N) is 1. The molecule has 0 radical (unpaired) electrons. The van der Waals surface area contributed by atoms with E-state index in [1.54, 1.807) is 23.9 Å². The highest BCUT2D eigenvalue weighted by Crippen LogP contribution is 2.26. The van der Waals surface area contributed by atoms with Crippen molar-refractivity contribution >= 4 is 29.3 Å². The van der Waals surface area contributed by atoms with Crippen LogP contribution >= 0.6 is 11.8 Å². The molecule has 136 valence electrons. The van der Waals surface area contributed by atoms with Gasteiger partial charge in [0.1, 0.15) is 0 Å². The highest BCUT2D eigenvalue weighted by Gasteiger charge is 2.16. The molecule has 0 spiro atoms. The lowest BCUT2D eigenvalue weighted by atomic mass is 10.1. The largest absolute Gasteiger partial charge is 0.465 e. The van der Waals surface area contributed by atoms with Gasteiger partial charge in [0.2, 0.25) is 5.91 Å². The number of carbonyl (C=O) groups excluding carboxylic acids is 2. The van der Waals surface area contributed by atoms with E-state index in [0.717, 1.165) is 24.1 Å². The van der Waals surface area contributed by atoms with Crippen LogP contribution in [0.5, 0.6) is 0 Å². The van der Waals surface area contributed by atoms with Crippen molar-refractivity contribution in [2.24, 2.45) is 0 Å². The van der Waals surface area contributed by atoms with E-state index in [1.807, 2.05) is 25.1 Å². The Morgan fingerprint density at radius 3 is 2.58 bits per heavy atom. The first-order chi connectivity index (χ1) is 12.6. The van der Waals surface area contributed by atoms with Crippen molar-refractivity contribution in [3.8, 4) is 0 Å². The maximum atomic E-state index is 12.4. The summed E-state index contributed by atoms with van der Waals surface area (Å²) in [5.74, 6) is 0.380. The summed E-state index contributed by atoms with van der Waals surface area (Å²) in [6, 6.07) is 13.5. The van der Waals surface area contributed by atoms with E-state index >= 15 is 0 Å². The minimum absolute atomic E-state index is 0.0131. The first-order valence-corrected chi connectivity index (χ1v) is 9.83. The smallest absolute Gasteiger partial charge is 0.337 e. The molecule has 0 unspecified atom stereocenters. The first-order valence-electron chi connectivity index (χ1n) is 8.78. The van der Waals surface area contributed by atoms with Crippen molar-refractivity contribution in [2.45, 2.75) is 37.2 Å². The van der Waals surface area contributed by atoms with Crippen LogP contribution in [0.1, 0.15) is 40.4 Å². The number of ether oxygens (including phenoxy) is 1. The van der Waals surface area contributed by atoms with Crippen LogP contribution in [0.25, 0.3) is 0 Å². The Balaban J connectivity index is 1.52. The van der Waals surface area contributed by atoms with Gasteiger partial charge in [0.15, 0.2) is 0 Å². The molecule has 5 heteroatoms. The zero-order chi connectivity index (χ0) is 18.5. The zero-order valence-electron chi connectivity index (χ0n) is 15.1. The number of esters is 1. The van der Waals surface area contributed by atoms with Gasteiger partial charge in [-0.3, -0.25) is 4.79 Å². The Kier molecular flexibility index (Phi) is 5.99. The molecule has 2 aromatic carbocycles. The third-order valence-corrected chi connectivity index (χ3v) is 5.82. The number of anilines is 1. The minimum Gasteiger partial charge on any atom is -0.465 e. The summed E-state index contributed by atoms with van der Waals surface area (Å²) in [4.78, 5) is 23.9. The molecule has 0 saturated carbocycles. The minimum atomic E-state index is -0.341. The fourth-order valence-corrected chi connectivity index (χ4v) is 3.89. The number of hydrogen-bond donors (Lipinski definition) is 1. The molecule has 0 fully saturated rings. The molecule has 2 aromatic rings. The molecule has 1 aliphatic rings. The van der Waals surface area contributed by atoms with Crippen molar-refractivity contribution in [1.29, 1.82) is 0 Å². The van der Waals surface area contributed by atoms with E-state index in [1.165, 1.54) is 24.7 Å². The van der Waals surface area contributed by atoms with E-state index < -0.39 is 0 Å². The maximum absolute atomic E-state index is 12.4. The van der Waals surface area contributed by atoms with Crippen molar-refractivity contribution in [1.82, 2.24) is 0 Å². The monoisotopic (exact) mass is 369 g/mol. The van der Waals surface area contributed by atoms with Crippen LogP contribution < -0.4 is 5.32 Å². The summed E-state index contributed by atoms with van der Waals surface area (Å²) in [7, 11) is 1.37. The molecule has 1 amide bonds. The number of carbonyl (C=O) groups is 2. The van der Waals surface area contributed by atoms with Gasteiger partial charge in [0, 0.05) is 11.4 Å². The summed E-state index contributed by atoms with van der Waals surface area (Å²) in [6.45, 7) is 1.91. The van der Waals surface area contributed by atoms with Crippen LogP contribution in [0, 0.1) is 0 Å². The van der Waals surface area contributed by atoms with E-state index in [0.29, 0.717) is 11.3 Å². The standard InChI is InChI=1S/C21H23NO3S/c1-14(26-13-15-6-8-17(9-7-15)21(24)25-2)20(23)22-19-11-10-16-4-3-5-18(16)12-19/h6-12,14H,3-5,13H2,1-2H3,(H,22,23)/t14-/m1/s1. The number of rotatable bonds is 6. The molecule has 1 N–H and O–H groups in total. The number of benzene rings is 2. The Morgan fingerprint density at radius 2 is 1.85 bits per heavy atom. The summed E-state index contributed by atoms with van der Waals surface area (Å²) >= 11 is 1.57. The second-order valence-corrected chi connectivity index (χ2v) is 7.80. The van der Waals surface area contributed by atoms with Gasteiger partial charge in [-0.25, -0.2) is 4.79 Å². The van der Waals surface area contributed by atoms with Gasteiger partial charge in [-0.15, -0.1) is 11.8 Å². The average molecular weight is 369 g/mol. The SMILES string of the molecule is COC(=O)c1ccc(CS[C@H](C)C(=O)Nc2ccc3c(c2)CCC3)cc1. The zero-order valence-corrected chi connectivity index (χ0v) is 15.9. The molecular weight excluding hydrogens is 346 g/mol. The molecule has 0 heterocycles. The fraction of sp³-hybridized carbons (Fsp3) is 0.333. The van der Waals surface area contributed by atoms with Crippen molar-refractivity contribution < 1.29 is 14.3 Å². The van der Waals surface area contributed by atoms with Gasteiger partial charge in [-0.1, -0.05) is 18.2 Å². The van der Waals surface area contributed by atoms with Crippen molar-refractivity contribution in [2.75, 3.05) is 12.4 Å². The van der Waals surface area contributed by atoms with Gasteiger partial charge < -0.3 is 10.1 Å². The van der Waals surface area contributed by atoms with Crippen LogP contribution in [0.3, 0.4) is 0 Å². The quantitative estimate of drug-likeness (QED) is 0.775. The van der Waals surface area contributed by atoms with Gasteiger partial charge in [0.05, 0.1) is 17.9 Å². The summed E-state index contributed by atoms with van der Waals surface area (Å²) in [5.41, 5.74) is 5.24. The summed E-state index contributed by atoms with van der Waals surface area (Å²) < 4.78 is 4.69. The predicted octanol–water partition coefficient (Wildman–Crippen LogP) is 4.22. The molecule has 0 aliphatic heterocycles. The number of methoxy groups -OCH3 is 1. The topological polar surface area (TPSA) is 55.4 Å². The van der Waals surface area contributed by atoms with Crippen molar-refractivity contribution in [3.05, 3.63) is 64.7 Å². The molecular formula is C21H23NO3S. The lowest BCUT2D eigenvalue weighted by Crippen LogP contribution is -2.22. The summed E-state index contributed by atoms with van der Waals surface area (Å²) in [5, 5.41) is 2.85. The Hall–Kier alpha value is -2.27. The second-order valence-electron chi connectivity index (χ2n) is 6.47. The highest BCUT2D eigenvalue weighted by atomic mass is 32.2. The van der Waals surface area contributed by atoms with Gasteiger partial charge in [0.25, 0.3) is 0 Å². The molecule has 1 atom stereocenters. The van der Waals surface area contributed by atoms with Crippen molar-refractivity contribution in [3.63, 3.8) is 0 Å². The predicted molar refractivity (Wildman–Crippen MR) is 106 cm³/mol. The van der Waals surface area contributed by atoms with Crippen LogP contribution in [-0.2, 0) is 28.1 Å². The Bertz CT molecular complexity index is 801. The molecule has 26 heavy (non-hydrogen) atoms. The van der Waals surface area contributed by atoms with Gasteiger partial charge >= 0.3 is 5.97 Å². The highest BCUT2D eigenvalue weighted by molar-refractivity contribution is 7.99.